The average Bonchev–Trinajstić information content (AvgIpc) is 2.40. The first kappa shape index (κ1) is 15.1. The lowest BCUT2D eigenvalue weighted by molar-refractivity contribution is -0.184. The summed E-state index contributed by atoms with van der Waals surface area (Å²) in [4.78, 5) is 15.9. The Kier molecular flexibility index (Phi) is 4.52. The zero-order valence-corrected chi connectivity index (χ0v) is 11.3. The molecule has 0 radical (unpaired) electrons. The summed E-state index contributed by atoms with van der Waals surface area (Å²) in [6.07, 6.45) is -2.20. The number of hydrogen-bond acceptors (Lipinski definition) is 2. The lowest BCUT2D eigenvalue weighted by Crippen LogP contribution is -2.32. The van der Waals surface area contributed by atoms with Crippen LogP contribution in [0, 0.1) is 11.8 Å². The van der Waals surface area contributed by atoms with Crippen LogP contribution >= 0.6 is 11.6 Å². The molecule has 3 nitrogen and oxygen atoms in total. The van der Waals surface area contributed by atoms with Crippen LogP contribution in [-0.2, 0) is 4.79 Å². The van der Waals surface area contributed by atoms with Crippen LogP contribution < -0.4 is 5.32 Å². The molecule has 1 N–H and O–H groups in total. The number of hydrogen-bond donors (Lipinski definition) is 1. The van der Waals surface area contributed by atoms with Gasteiger partial charge in [0.2, 0.25) is 5.91 Å². The normalized spacial score (nSPS) is 23.4. The van der Waals surface area contributed by atoms with Gasteiger partial charge in [0.25, 0.3) is 0 Å². The van der Waals surface area contributed by atoms with Crippen molar-refractivity contribution in [3.63, 3.8) is 0 Å². The van der Waals surface area contributed by atoms with Crippen molar-refractivity contribution in [2.45, 2.75) is 31.9 Å². The van der Waals surface area contributed by atoms with Crippen LogP contribution in [0.3, 0.4) is 0 Å². The lowest BCUT2D eigenvalue weighted by atomic mass is 9.81. The van der Waals surface area contributed by atoms with Crippen LogP contribution in [0.1, 0.15) is 25.7 Å². The van der Waals surface area contributed by atoms with Crippen molar-refractivity contribution in [3.05, 3.63) is 23.4 Å². The largest absolute Gasteiger partial charge is 0.391 e. The molecule has 1 aliphatic rings. The maximum atomic E-state index is 12.5. The molecule has 0 atom stereocenters. The maximum Gasteiger partial charge on any atom is 0.391 e. The summed E-state index contributed by atoms with van der Waals surface area (Å²) in [7, 11) is 0. The van der Waals surface area contributed by atoms with Crippen molar-refractivity contribution >= 4 is 23.3 Å². The summed E-state index contributed by atoms with van der Waals surface area (Å²) in [6, 6.07) is 3.22. The Morgan fingerprint density at radius 3 is 2.50 bits per heavy atom. The molecule has 0 bridgehead atoms. The van der Waals surface area contributed by atoms with E-state index in [4.69, 9.17) is 11.6 Å². The predicted molar refractivity (Wildman–Crippen MR) is 69.4 cm³/mol. The van der Waals surface area contributed by atoms with Crippen LogP contribution in [0.4, 0.5) is 19.0 Å². The average molecular weight is 307 g/mol. The standard InChI is InChI=1S/C13H14ClF3N2O/c14-10-2-1-7-18-11(10)19-12(20)8-3-5-9(6-4-8)13(15,16)17/h1-2,7-9H,3-6H2,(H,18,19,20). The fourth-order valence-corrected chi connectivity index (χ4v) is 2.55. The van der Waals surface area contributed by atoms with Crippen LogP contribution in [-0.4, -0.2) is 17.1 Å². The molecule has 1 aromatic rings. The van der Waals surface area contributed by atoms with Crippen molar-refractivity contribution in [1.82, 2.24) is 4.98 Å². The second kappa shape index (κ2) is 5.99. The number of amides is 1. The summed E-state index contributed by atoms with van der Waals surface area (Å²) in [6.45, 7) is 0. The second-order valence-electron chi connectivity index (χ2n) is 4.91. The first-order valence-corrected chi connectivity index (χ1v) is 6.74. The summed E-state index contributed by atoms with van der Waals surface area (Å²) in [5.41, 5.74) is 0. The Labute approximate surface area is 119 Å². The first-order chi connectivity index (χ1) is 9.38. The van der Waals surface area contributed by atoms with Crippen molar-refractivity contribution in [2.75, 3.05) is 5.32 Å². The van der Waals surface area contributed by atoms with E-state index in [1.54, 1.807) is 12.1 Å². The Hall–Kier alpha value is -1.30. The van der Waals surface area contributed by atoms with E-state index in [1.807, 2.05) is 0 Å². The Bertz CT molecular complexity index is 485. The van der Waals surface area contributed by atoms with E-state index in [9.17, 15) is 18.0 Å². The van der Waals surface area contributed by atoms with E-state index in [0.29, 0.717) is 5.02 Å². The molecule has 1 fully saturated rings. The third-order valence-corrected chi connectivity index (χ3v) is 3.87. The number of anilines is 1. The van der Waals surface area contributed by atoms with Gasteiger partial charge in [-0.3, -0.25) is 4.79 Å². The highest BCUT2D eigenvalue weighted by Crippen LogP contribution is 2.39. The van der Waals surface area contributed by atoms with Crippen LogP contribution in [0.15, 0.2) is 18.3 Å². The molecule has 20 heavy (non-hydrogen) atoms. The SMILES string of the molecule is O=C(Nc1ncccc1Cl)C1CCC(C(F)(F)F)CC1. The van der Waals surface area contributed by atoms with Gasteiger partial charge in [0, 0.05) is 12.1 Å². The number of pyridine rings is 1. The van der Waals surface area contributed by atoms with Gasteiger partial charge in [0.15, 0.2) is 5.82 Å². The minimum Gasteiger partial charge on any atom is -0.309 e. The molecular formula is C13H14ClF3N2O. The fourth-order valence-electron chi connectivity index (χ4n) is 2.38. The minimum atomic E-state index is -4.16. The highest BCUT2D eigenvalue weighted by atomic mass is 35.5. The smallest absolute Gasteiger partial charge is 0.309 e. The molecule has 0 spiro atoms. The first-order valence-electron chi connectivity index (χ1n) is 6.36. The van der Waals surface area contributed by atoms with Gasteiger partial charge < -0.3 is 5.32 Å². The van der Waals surface area contributed by atoms with Gasteiger partial charge in [-0.2, -0.15) is 13.2 Å². The molecule has 0 saturated heterocycles. The Morgan fingerprint density at radius 2 is 1.95 bits per heavy atom. The van der Waals surface area contributed by atoms with Gasteiger partial charge in [-0.25, -0.2) is 4.98 Å². The minimum absolute atomic E-state index is 0.00244. The molecule has 0 unspecified atom stereocenters. The number of carbonyl (C=O) groups excluding carboxylic acids is 1. The molecule has 1 aromatic heterocycles. The molecule has 0 aromatic carbocycles. The van der Waals surface area contributed by atoms with E-state index >= 15 is 0 Å². The Morgan fingerprint density at radius 1 is 1.30 bits per heavy atom. The van der Waals surface area contributed by atoms with E-state index in [0.717, 1.165) is 0 Å². The number of aromatic nitrogens is 1. The second-order valence-corrected chi connectivity index (χ2v) is 5.32. The van der Waals surface area contributed by atoms with Crippen molar-refractivity contribution in [1.29, 1.82) is 0 Å². The van der Waals surface area contributed by atoms with Gasteiger partial charge in [0.1, 0.15) is 0 Å². The molecule has 1 amide bonds. The Balaban J connectivity index is 1.91. The topological polar surface area (TPSA) is 42.0 Å². The monoisotopic (exact) mass is 306 g/mol. The number of alkyl halides is 3. The van der Waals surface area contributed by atoms with Gasteiger partial charge >= 0.3 is 6.18 Å². The van der Waals surface area contributed by atoms with Crippen LogP contribution in [0.5, 0.6) is 0 Å². The molecule has 1 heterocycles. The van der Waals surface area contributed by atoms with E-state index in [1.165, 1.54) is 6.20 Å². The molecule has 110 valence electrons. The number of nitrogens with one attached hydrogen (secondary N) is 1. The van der Waals surface area contributed by atoms with E-state index in [-0.39, 0.29) is 37.4 Å². The van der Waals surface area contributed by atoms with Crippen LogP contribution in [0.25, 0.3) is 0 Å². The van der Waals surface area contributed by atoms with Gasteiger partial charge in [-0.15, -0.1) is 0 Å². The highest BCUT2D eigenvalue weighted by Gasteiger charge is 2.42. The van der Waals surface area contributed by atoms with Gasteiger partial charge in [0.05, 0.1) is 10.9 Å². The van der Waals surface area contributed by atoms with Crippen LogP contribution in [0.2, 0.25) is 5.02 Å². The summed E-state index contributed by atoms with van der Waals surface area (Å²) >= 11 is 5.86. The molecule has 1 saturated carbocycles. The summed E-state index contributed by atoms with van der Waals surface area (Å²) in [5.74, 6) is -1.76. The van der Waals surface area contributed by atoms with E-state index < -0.39 is 18.0 Å². The maximum absolute atomic E-state index is 12.5. The third-order valence-electron chi connectivity index (χ3n) is 3.56. The van der Waals surface area contributed by atoms with E-state index in [2.05, 4.69) is 10.3 Å². The molecule has 0 aliphatic heterocycles. The molecular weight excluding hydrogens is 293 g/mol. The number of halogens is 4. The number of rotatable bonds is 2. The fraction of sp³-hybridized carbons (Fsp3) is 0.538. The number of nitrogens with zero attached hydrogens (tertiary/aromatic N) is 1. The zero-order valence-electron chi connectivity index (χ0n) is 10.6. The highest BCUT2D eigenvalue weighted by molar-refractivity contribution is 6.33. The van der Waals surface area contributed by atoms with Crippen molar-refractivity contribution < 1.29 is 18.0 Å². The predicted octanol–water partition coefficient (Wildman–Crippen LogP) is 4.04. The third kappa shape index (κ3) is 3.62. The van der Waals surface area contributed by atoms with Crippen molar-refractivity contribution in [2.24, 2.45) is 11.8 Å². The van der Waals surface area contributed by atoms with Gasteiger partial charge in [-0.05, 0) is 37.8 Å². The zero-order chi connectivity index (χ0) is 14.8. The lowest BCUT2D eigenvalue weighted by Gasteiger charge is -2.29. The quantitative estimate of drug-likeness (QED) is 0.896. The summed E-state index contributed by atoms with van der Waals surface area (Å²) in [5, 5.41) is 2.88. The molecule has 2 rings (SSSR count). The molecule has 7 heteroatoms. The van der Waals surface area contributed by atoms with Crippen molar-refractivity contribution in [3.8, 4) is 0 Å². The molecule has 1 aliphatic carbocycles. The number of carbonyl (C=O) groups is 1. The van der Waals surface area contributed by atoms with Gasteiger partial charge in [-0.1, -0.05) is 11.6 Å². The summed E-state index contributed by atoms with van der Waals surface area (Å²) < 4.78 is 37.6.